The second-order valence-corrected chi connectivity index (χ2v) is 7.03. The number of aromatic nitrogens is 3. The van der Waals surface area contributed by atoms with Crippen LogP contribution in [0.2, 0.25) is 0 Å². The third-order valence-corrected chi connectivity index (χ3v) is 5.31. The van der Waals surface area contributed by atoms with Crippen molar-refractivity contribution in [3.63, 3.8) is 0 Å². The topological polar surface area (TPSA) is 71.0 Å². The summed E-state index contributed by atoms with van der Waals surface area (Å²) in [5.41, 5.74) is 2.99. The Kier molecular flexibility index (Phi) is 4.15. The molecular weight excluding hydrogens is 334 g/mol. The van der Waals surface area contributed by atoms with Gasteiger partial charge < -0.3 is 10.2 Å². The van der Waals surface area contributed by atoms with E-state index >= 15 is 0 Å². The van der Waals surface area contributed by atoms with Crippen LogP contribution in [0.3, 0.4) is 0 Å². The molecule has 1 amide bonds. The van der Waals surface area contributed by atoms with E-state index in [0.29, 0.717) is 6.54 Å². The van der Waals surface area contributed by atoms with Gasteiger partial charge in [0.2, 0.25) is 0 Å². The summed E-state index contributed by atoms with van der Waals surface area (Å²) >= 11 is 1.55. The molecule has 3 aromatic rings. The maximum absolute atomic E-state index is 12.4. The highest BCUT2D eigenvalue weighted by Gasteiger charge is 2.26. The number of thiophene rings is 1. The number of amides is 1. The molecule has 0 unspecified atom stereocenters. The molecule has 0 saturated heterocycles. The molecule has 0 spiro atoms. The molecule has 0 radical (unpaired) electrons. The lowest BCUT2D eigenvalue weighted by atomic mass is 10.2. The molecule has 6 nitrogen and oxygen atoms in total. The molecule has 3 aromatic heterocycles. The number of carbonyl (C=O) groups is 1. The summed E-state index contributed by atoms with van der Waals surface area (Å²) in [5, 5.41) is 11.4. The third-order valence-electron chi connectivity index (χ3n) is 4.13. The Bertz CT molecular complexity index is 892. The second-order valence-electron chi connectivity index (χ2n) is 5.89. The van der Waals surface area contributed by atoms with Crippen molar-refractivity contribution in [2.75, 3.05) is 11.4 Å². The van der Waals surface area contributed by atoms with Gasteiger partial charge in [-0.2, -0.15) is 5.10 Å². The maximum atomic E-state index is 12.4. The first-order valence-electron chi connectivity index (χ1n) is 8.08. The molecule has 0 bridgehead atoms. The predicted molar refractivity (Wildman–Crippen MR) is 97.2 cm³/mol. The molecule has 1 aliphatic rings. The Labute approximate surface area is 149 Å². The van der Waals surface area contributed by atoms with Crippen LogP contribution in [0, 0.1) is 6.92 Å². The van der Waals surface area contributed by atoms with E-state index in [4.69, 9.17) is 0 Å². The average Bonchev–Trinajstić information content (AvgIpc) is 3.22. The van der Waals surface area contributed by atoms with Gasteiger partial charge in [-0.05, 0) is 42.8 Å². The van der Waals surface area contributed by atoms with Crippen LogP contribution >= 0.6 is 11.3 Å². The van der Waals surface area contributed by atoms with Crippen molar-refractivity contribution in [3.05, 3.63) is 63.7 Å². The van der Waals surface area contributed by atoms with E-state index in [1.807, 2.05) is 37.3 Å². The van der Waals surface area contributed by atoms with E-state index < -0.39 is 0 Å². The Morgan fingerprint density at radius 3 is 2.84 bits per heavy atom. The minimum absolute atomic E-state index is 0.0499. The van der Waals surface area contributed by atoms with Crippen molar-refractivity contribution in [1.29, 1.82) is 0 Å². The Morgan fingerprint density at radius 1 is 1.24 bits per heavy atom. The van der Waals surface area contributed by atoms with Crippen LogP contribution in [0.1, 0.15) is 25.8 Å². The van der Waals surface area contributed by atoms with Gasteiger partial charge in [0.15, 0.2) is 5.82 Å². The number of carbonyl (C=O) groups excluding carboxylic acids is 1. The minimum atomic E-state index is -0.0499. The monoisotopic (exact) mass is 351 g/mol. The van der Waals surface area contributed by atoms with Crippen molar-refractivity contribution < 1.29 is 4.79 Å². The molecule has 126 valence electrons. The lowest BCUT2D eigenvalue weighted by Crippen LogP contribution is -2.22. The molecule has 0 aromatic carbocycles. The SMILES string of the molecule is Cc1ccc(N2CCc3sc(C(=O)NCc4ccncc4)cc32)nn1. The van der Waals surface area contributed by atoms with Crippen LogP contribution in [0.15, 0.2) is 42.7 Å². The van der Waals surface area contributed by atoms with Crippen LogP contribution < -0.4 is 10.2 Å². The van der Waals surface area contributed by atoms with Gasteiger partial charge in [-0.25, -0.2) is 0 Å². The van der Waals surface area contributed by atoms with Gasteiger partial charge in [-0.15, -0.1) is 16.4 Å². The lowest BCUT2D eigenvalue weighted by molar-refractivity contribution is 0.0955. The fourth-order valence-electron chi connectivity index (χ4n) is 2.82. The first kappa shape index (κ1) is 15.7. The molecule has 1 N–H and O–H groups in total. The molecule has 4 heterocycles. The number of hydrogen-bond donors (Lipinski definition) is 1. The summed E-state index contributed by atoms with van der Waals surface area (Å²) in [6.07, 6.45) is 4.37. The van der Waals surface area contributed by atoms with Gasteiger partial charge >= 0.3 is 0 Å². The smallest absolute Gasteiger partial charge is 0.261 e. The highest BCUT2D eigenvalue weighted by Crippen LogP contribution is 2.39. The number of rotatable bonds is 4. The standard InChI is InChI=1S/C18H17N5OS/c1-12-2-3-17(22-21-12)23-9-6-15-14(23)10-16(25-15)18(24)20-11-13-4-7-19-8-5-13/h2-5,7-8,10H,6,9,11H2,1H3,(H,20,24). The maximum Gasteiger partial charge on any atom is 0.261 e. The molecular formula is C18H17N5OS. The van der Waals surface area contributed by atoms with Gasteiger partial charge in [0.05, 0.1) is 16.3 Å². The van der Waals surface area contributed by atoms with Crippen molar-refractivity contribution in [1.82, 2.24) is 20.5 Å². The van der Waals surface area contributed by atoms with Crippen LogP contribution in [0.5, 0.6) is 0 Å². The molecule has 1 aliphatic heterocycles. The third kappa shape index (κ3) is 3.23. The lowest BCUT2D eigenvalue weighted by Gasteiger charge is -2.16. The number of anilines is 2. The van der Waals surface area contributed by atoms with E-state index in [1.54, 1.807) is 23.7 Å². The molecule has 0 saturated carbocycles. The number of pyridine rings is 1. The summed E-state index contributed by atoms with van der Waals surface area (Å²) in [7, 11) is 0. The van der Waals surface area contributed by atoms with Crippen molar-refractivity contribution >= 4 is 28.7 Å². The predicted octanol–water partition coefficient (Wildman–Crippen LogP) is 2.87. The Balaban J connectivity index is 1.49. The largest absolute Gasteiger partial charge is 0.347 e. The van der Waals surface area contributed by atoms with Gasteiger partial charge in [0.1, 0.15) is 0 Å². The zero-order valence-corrected chi connectivity index (χ0v) is 14.6. The van der Waals surface area contributed by atoms with Crippen molar-refractivity contribution in [3.8, 4) is 0 Å². The molecule has 0 aliphatic carbocycles. The number of nitrogens with one attached hydrogen (secondary N) is 1. The van der Waals surface area contributed by atoms with E-state index in [-0.39, 0.29) is 5.91 Å². The number of fused-ring (bicyclic) bond motifs is 1. The molecule has 0 atom stereocenters. The first-order chi connectivity index (χ1) is 12.2. The average molecular weight is 351 g/mol. The van der Waals surface area contributed by atoms with E-state index in [9.17, 15) is 4.79 Å². The normalized spacial score (nSPS) is 12.9. The fraction of sp³-hybridized carbons (Fsp3) is 0.222. The van der Waals surface area contributed by atoms with Crippen LogP contribution in [0.25, 0.3) is 0 Å². The Morgan fingerprint density at radius 2 is 2.08 bits per heavy atom. The number of hydrogen-bond acceptors (Lipinski definition) is 6. The minimum Gasteiger partial charge on any atom is -0.347 e. The van der Waals surface area contributed by atoms with Gasteiger partial charge in [0.25, 0.3) is 5.91 Å². The summed E-state index contributed by atoms with van der Waals surface area (Å²) in [4.78, 5) is 20.5. The highest BCUT2D eigenvalue weighted by atomic mass is 32.1. The summed E-state index contributed by atoms with van der Waals surface area (Å²) in [6, 6.07) is 9.67. The van der Waals surface area contributed by atoms with Crippen molar-refractivity contribution in [2.45, 2.75) is 19.9 Å². The molecule has 4 rings (SSSR count). The van der Waals surface area contributed by atoms with Crippen LogP contribution in [-0.4, -0.2) is 27.6 Å². The van der Waals surface area contributed by atoms with Gasteiger partial charge in [-0.1, -0.05) is 0 Å². The van der Waals surface area contributed by atoms with E-state index in [2.05, 4.69) is 25.4 Å². The first-order valence-corrected chi connectivity index (χ1v) is 8.90. The molecule has 7 heteroatoms. The zero-order valence-electron chi connectivity index (χ0n) is 13.8. The van der Waals surface area contributed by atoms with Crippen molar-refractivity contribution in [2.24, 2.45) is 0 Å². The van der Waals surface area contributed by atoms with Gasteiger partial charge in [0, 0.05) is 36.8 Å². The summed E-state index contributed by atoms with van der Waals surface area (Å²) in [5.74, 6) is 0.775. The zero-order chi connectivity index (χ0) is 17.2. The Hall–Kier alpha value is -2.80. The van der Waals surface area contributed by atoms with E-state index in [0.717, 1.165) is 40.6 Å². The quantitative estimate of drug-likeness (QED) is 0.783. The summed E-state index contributed by atoms with van der Waals surface area (Å²) < 4.78 is 0. The fourth-order valence-corrected chi connectivity index (χ4v) is 3.88. The van der Waals surface area contributed by atoms with E-state index in [1.165, 1.54) is 4.88 Å². The molecule has 0 fully saturated rings. The number of aryl methyl sites for hydroxylation is 1. The van der Waals surface area contributed by atoms with Crippen LogP contribution in [0.4, 0.5) is 11.5 Å². The van der Waals surface area contributed by atoms with Gasteiger partial charge in [-0.3, -0.25) is 9.78 Å². The second kappa shape index (κ2) is 6.60. The van der Waals surface area contributed by atoms with Crippen LogP contribution in [-0.2, 0) is 13.0 Å². The molecule has 25 heavy (non-hydrogen) atoms. The highest BCUT2D eigenvalue weighted by molar-refractivity contribution is 7.14. The number of nitrogens with zero attached hydrogens (tertiary/aromatic N) is 4. The summed E-state index contributed by atoms with van der Waals surface area (Å²) in [6.45, 7) is 3.29.